The standard InChI is InChI=1S/C15H20N4/c1-12-11-18-13(2)15(19-12)17-10-6-9-16-14-7-4-3-5-8-14/h3-5,7-8,11,16H,6,9-10H2,1-2H3,(H,17,19). The summed E-state index contributed by atoms with van der Waals surface area (Å²) >= 11 is 0. The summed E-state index contributed by atoms with van der Waals surface area (Å²) in [5, 5.41) is 6.71. The van der Waals surface area contributed by atoms with Crippen LogP contribution in [0.4, 0.5) is 11.5 Å². The van der Waals surface area contributed by atoms with Crippen LogP contribution in [0.5, 0.6) is 0 Å². The van der Waals surface area contributed by atoms with Gasteiger partial charge in [-0.3, -0.25) is 4.98 Å². The van der Waals surface area contributed by atoms with Gasteiger partial charge in [-0.1, -0.05) is 18.2 Å². The van der Waals surface area contributed by atoms with Crippen molar-refractivity contribution in [2.45, 2.75) is 20.3 Å². The van der Waals surface area contributed by atoms with E-state index in [2.05, 4.69) is 32.7 Å². The van der Waals surface area contributed by atoms with E-state index in [1.807, 2.05) is 32.0 Å². The second kappa shape index (κ2) is 6.73. The third kappa shape index (κ3) is 4.25. The third-order valence-electron chi connectivity index (χ3n) is 2.82. The van der Waals surface area contributed by atoms with Crippen LogP contribution in [0.25, 0.3) is 0 Å². The Morgan fingerprint density at radius 2 is 1.74 bits per heavy atom. The molecule has 19 heavy (non-hydrogen) atoms. The van der Waals surface area contributed by atoms with E-state index in [0.29, 0.717) is 0 Å². The predicted octanol–water partition coefficient (Wildman–Crippen LogP) is 3.01. The molecule has 100 valence electrons. The fraction of sp³-hybridized carbons (Fsp3) is 0.333. The zero-order valence-electron chi connectivity index (χ0n) is 11.5. The number of aryl methyl sites for hydroxylation is 2. The van der Waals surface area contributed by atoms with Gasteiger partial charge in [-0.25, -0.2) is 4.98 Å². The first-order chi connectivity index (χ1) is 9.25. The van der Waals surface area contributed by atoms with Crippen molar-refractivity contribution in [1.82, 2.24) is 9.97 Å². The van der Waals surface area contributed by atoms with E-state index in [9.17, 15) is 0 Å². The molecule has 0 saturated carbocycles. The molecule has 2 rings (SSSR count). The fourth-order valence-corrected chi connectivity index (χ4v) is 1.79. The summed E-state index contributed by atoms with van der Waals surface area (Å²) in [5.74, 6) is 0.889. The molecule has 0 unspecified atom stereocenters. The fourth-order valence-electron chi connectivity index (χ4n) is 1.79. The first kappa shape index (κ1) is 13.3. The van der Waals surface area contributed by atoms with E-state index in [0.717, 1.165) is 42.4 Å². The summed E-state index contributed by atoms with van der Waals surface area (Å²) in [4.78, 5) is 8.72. The number of aromatic nitrogens is 2. The zero-order valence-corrected chi connectivity index (χ0v) is 11.5. The van der Waals surface area contributed by atoms with Gasteiger partial charge in [-0.2, -0.15) is 0 Å². The van der Waals surface area contributed by atoms with Gasteiger partial charge in [0.1, 0.15) is 5.82 Å². The molecule has 1 heterocycles. The maximum Gasteiger partial charge on any atom is 0.147 e. The summed E-state index contributed by atoms with van der Waals surface area (Å²) in [5.41, 5.74) is 3.05. The minimum Gasteiger partial charge on any atom is -0.385 e. The van der Waals surface area contributed by atoms with Crippen molar-refractivity contribution in [1.29, 1.82) is 0 Å². The Kier molecular flexibility index (Phi) is 4.72. The SMILES string of the molecule is Cc1cnc(C)c(NCCCNc2ccccc2)n1. The molecule has 0 atom stereocenters. The first-order valence-electron chi connectivity index (χ1n) is 6.59. The Morgan fingerprint density at radius 3 is 2.53 bits per heavy atom. The molecule has 2 N–H and O–H groups in total. The van der Waals surface area contributed by atoms with Crippen molar-refractivity contribution in [3.8, 4) is 0 Å². The van der Waals surface area contributed by atoms with Crippen LogP contribution in [0.1, 0.15) is 17.8 Å². The highest BCUT2D eigenvalue weighted by molar-refractivity contribution is 5.42. The van der Waals surface area contributed by atoms with E-state index in [1.54, 1.807) is 6.20 Å². The second-order valence-corrected chi connectivity index (χ2v) is 4.52. The van der Waals surface area contributed by atoms with Crippen LogP contribution in [0.3, 0.4) is 0 Å². The van der Waals surface area contributed by atoms with Gasteiger partial charge in [0.25, 0.3) is 0 Å². The van der Waals surface area contributed by atoms with Crippen LogP contribution >= 0.6 is 0 Å². The number of nitrogens with one attached hydrogen (secondary N) is 2. The summed E-state index contributed by atoms with van der Waals surface area (Å²) in [6, 6.07) is 10.2. The number of hydrogen-bond donors (Lipinski definition) is 2. The Labute approximate surface area is 114 Å². The van der Waals surface area contributed by atoms with Gasteiger partial charge in [-0.05, 0) is 32.4 Å². The average molecular weight is 256 g/mol. The maximum atomic E-state index is 4.43. The van der Waals surface area contributed by atoms with Crippen LogP contribution in [0.15, 0.2) is 36.5 Å². The quantitative estimate of drug-likeness (QED) is 0.780. The smallest absolute Gasteiger partial charge is 0.147 e. The Hall–Kier alpha value is -2.10. The third-order valence-corrected chi connectivity index (χ3v) is 2.82. The maximum absolute atomic E-state index is 4.43. The van der Waals surface area contributed by atoms with E-state index in [1.165, 1.54) is 0 Å². The van der Waals surface area contributed by atoms with E-state index < -0.39 is 0 Å². The molecule has 0 saturated heterocycles. The molecule has 0 radical (unpaired) electrons. The van der Waals surface area contributed by atoms with Gasteiger partial charge in [0.05, 0.1) is 11.4 Å². The van der Waals surface area contributed by atoms with Gasteiger partial charge < -0.3 is 10.6 Å². The molecule has 2 aromatic rings. The molecule has 1 aromatic carbocycles. The van der Waals surface area contributed by atoms with Crippen molar-refractivity contribution in [2.75, 3.05) is 23.7 Å². The van der Waals surface area contributed by atoms with Crippen LogP contribution < -0.4 is 10.6 Å². The molecule has 4 nitrogen and oxygen atoms in total. The van der Waals surface area contributed by atoms with E-state index >= 15 is 0 Å². The molecule has 1 aromatic heterocycles. The Balaban J connectivity index is 1.71. The lowest BCUT2D eigenvalue weighted by atomic mass is 10.3. The molecular formula is C15H20N4. The normalized spacial score (nSPS) is 10.2. The van der Waals surface area contributed by atoms with Gasteiger partial charge in [0.2, 0.25) is 0 Å². The lowest BCUT2D eigenvalue weighted by Gasteiger charge is -2.09. The minimum absolute atomic E-state index is 0.888. The van der Waals surface area contributed by atoms with E-state index in [4.69, 9.17) is 0 Å². The molecule has 0 aliphatic carbocycles. The molecule has 0 aliphatic rings. The second-order valence-electron chi connectivity index (χ2n) is 4.52. The molecule has 4 heteroatoms. The van der Waals surface area contributed by atoms with Crippen molar-refractivity contribution >= 4 is 11.5 Å². The Bertz CT molecular complexity index is 511. The van der Waals surface area contributed by atoms with Gasteiger partial charge >= 0.3 is 0 Å². The van der Waals surface area contributed by atoms with Gasteiger partial charge in [0, 0.05) is 25.0 Å². The summed E-state index contributed by atoms with van der Waals surface area (Å²) in [7, 11) is 0. The monoisotopic (exact) mass is 256 g/mol. The van der Waals surface area contributed by atoms with Crippen LogP contribution in [0, 0.1) is 13.8 Å². The van der Waals surface area contributed by atoms with Gasteiger partial charge in [0.15, 0.2) is 0 Å². The van der Waals surface area contributed by atoms with Crippen molar-refractivity contribution < 1.29 is 0 Å². The van der Waals surface area contributed by atoms with Crippen molar-refractivity contribution in [3.05, 3.63) is 47.9 Å². The number of anilines is 2. The molecule has 0 aliphatic heterocycles. The molecule has 0 bridgehead atoms. The highest BCUT2D eigenvalue weighted by Gasteiger charge is 2.00. The predicted molar refractivity (Wildman–Crippen MR) is 79.5 cm³/mol. The highest BCUT2D eigenvalue weighted by Crippen LogP contribution is 2.08. The lowest BCUT2D eigenvalue weighted by Crippen LogP contribution is -2.11. The average Bonchev–Trinajstić information content (AvgIpc) is 2.43. The zero-order chi connectivity index (χ0) is 13.5. The topological polar surface area (TPSA) is 49.8 Å². The Morgan fingerprint density at radius 1 is 1.00 bits per heavy atom. The number of para-hydroxylation sites is 1. The van der Waals surface area contributed by atoms with Crippen LogP contribution in [0.2, 0.25) is 0 Å². The highest BCUT2D eigenvalue weighted by atomic mass is 15.0. The number of benzene rings is 1. The van der Waals surface area contributed by atoms with Crippen LogP contribution in [-0.2, 0) is 0 Å². The minimum atomic E-state index is 0.888. The number of nitrogens with zero attached hydrogens (tertiary/aromatic N) is 2. The van der Waals surface area contributed by atoms with Gasteiger partial charge in [-0.15, -0.1) is 0 Å². The number of hydrogen-bond acceptors (Lipinski definition) is 4. The lowest BCUT2D eigenvalue weighted by molar-refractivity contribution is 0.895. The molecular weight excluding hydrogens is 236 g/mol. The summed E-state index contributed by atoms with van der Waals surface area (Å²) < 4.78 is 0. The van der Waals surface area contributed by atoms with Crippen molar-refractivity contribution in [3.63, 3.8) is 0 Å². The van der Waals surface area contributed by atoms with E-state index in [-0.39, 0.29) is 0 Å². The molecule has 0 fully saturated rings. The van der Waals surface area contributed by atoms with Crippen LogP contribution in [-0.4, -0.2) is 23.1 Å². The molecule has 0 amide bonds. The largest absolute Gasteiger partial charge is 0.385 e. The first-order valence-corrected chi connectivity index (χ1v) is 6.59. The number of rotatable bonds is 6. The summed E-state index contributed by atoms with van der Waals surface area (Å²) in [6.45, 7) is 5.75. The summed E-state index contributed by atoms with van der Waals surface area (Å²) in [6.07, 6.45) is 2.82. The van der Waals surface area contributed by atoms with Crippen molar-refractivity contribution in [2.24, 2.45) is 0 Å². The molecule has 0 spiro atoms.